The smallest absolute Gasteiger partial charge is 0.314 e. The van der Waals surface area contributed by atoms with E-state index in [1.165, 1.54) is 0 Å². The molecule has 152 valence electrons. The third-order valence-corrected chi connectivity index (χ3v) is 3.98. The zero-order chi connectivity index (χ0) is 18.0. The van der Waals surface area contributed by atoms with Gasteiger partial charge in [-0.2, -0.15) is 26.3 Å². The van der Waals surface area contributed by atoms with E-state index in [1.54, 1.807) is 4.90 Å². The molecule has 11 heteroatoms. The predicted molar refractivity (Wildman–Crippen MR) is 88.4 cm³/mol. The van der Waals surface area contributed by atoms with Crippen LogP contribution in [0.15, 0.2) is 18.2 Å². The third kappa shape index (κ3) is 7.09. The molecule has 1 aliphatic heterocycles. The van der Waals surface area contributed by atoms with Crippen molar-refractivity contribution in [3.8, 4) is 0 Å². The summed E-state index contributed by atoms with van der Waals surface area (Å²) in [7, 11) is 0. The quantitative estimate of drug-likeness (QED) is 0.677. The Morgan fingerprint density at radius 3 is 2.04 bits per heavy atom. The molecule has 26 heavy (non-hydrogen) atoms. The number of hydrogen-bond acceptors (Lipinski definition) is 2. The fourth-order valence-electron chi connectivity index (χ4n) is 2.80. The van der Waals surface area contributed by atoms with Crippen LogP contribution in [0, 0.1) is 5.82 Å². The summed E-state index contributed by atoms with van der Waals surface area (Å²) >= 11 is 0. The summed E-state index contributed by atoms with van der Waals surface area (Å²) in [6, 6.07) is 1.09. The zero-order valence-corrected chi connectivity index (χ0v) is 15.1. The van der Waals surface area contributed by atoms with E-state index in [4.69, 9.17) is 0 Å². The molecule has 0 aliphatic carbocycles. The van der Waals surface area contributed by atoms with Gasteiger partial charge in [-0.15, -0.1) is 24.8 Å². The van der Waals surface area contributed by atoms with E-state index in [1.807, 2.05) is 0 Å². The predicted octanol–water partition coefficient (Wildman–Crippen LogP) is 4.98. The number of hydrogen-bond donors (Lipinski definition) is 1. The molecule has 1 saturated heterocycles. The SMILES string of the molecule is Cl.Cl.Fc1cc(C(F)(F)F)ccc1[C@@H](CCC(F)(F)F)N1CCNCC1. The molecule has 2 nitrogen and oxygen atoms in total. The lowest BCUT2D eigenvalue weighted by atomic mass is 9.97. The van der Waals surface area contributed by atoms with Crippen molar-refractivity contribution in [2.24, 2.45) is 0 Å². The average molecular weight is 431 g/mol. The van der Waals surface area contributed by atoms with E-state index in [2.05, 4.69) is 5.32 Å². The van der Waals surface area contributed by atoms with Crippen LogP contribution in [0.2, 0.25) is 0 Å². The molecule has 1 fully saturated rings. The van der Waals surface area contributed by atoms with E-state index in [9.17, 15) is 30.7 Å². The lowest BCUT2D eigenvalue weighted by Crippen LogP contribution is -2.45. The van der Waals surface area contributed by atoms with Crippen LogP contribution < -0.4 is 5.32 Å². The van der Waals surface area contributed by atoms with Crippen molar-refractivity contribution < 1.29 is 30.7 Å². The van der Waals surface area contributed by atoms with Gasteiger partial charge in [-0.3, -0.25) is 4.90 Å². The molecule has 1 N–H and O–H groups in total. The maximum atomic E-state index is 14.2. The number of alkyl halides is 6. The van der Waals surface area contributed by atoms with Gasteiger partial charge < -0.3 is 5.32 Å². The standard InChI is InChI=1S/C15H17F7N2.2ClH/c16-12-9-10(15(20,21)22)1-2-11(12)13(3-4-14(17,18)19)24-7-5-23-6-8-24;;/h1-2,9,13,23H,3-8H2;2*1H/t13-;;/m1../s1. The summed E-state index contributed by atoms with van der Waals surface area (Å²) in [4.78, 5) is 1.67. The van der Waals surface area contributed by atoms with Crippen LogP contribution in [0.5, 0.6) is 0 Å². The van der Waals surface area contributed by atoms with Crippen molar-refractivity contribution in [1.82, 2.24) is 10.2 Å². The zero-order valence-electron chi connectivity index (χ0n) is 13.5. The normalized spacial score (nSPS) is 17.2. The maximum absolute atomic E-state index is 14.2. The van der Waals surface area contributed by atoms with Crippen LogP contribution in [-0.4, -0.2) is 37.3 Å². The van der Waals surface area contributed by atoms with Crippen LogP contribution in [-0.2, 0) is 6.18 Å². The Kier molecular flexibility index (Phi) is 9.67. The van der Waals surface area contributed by atoms with Crippen LogP contribution in [0.3, 0.4) is 0 Å². The lowest BCUT2D eigenvalue weighted by molar-refractivity contribution is -0.138. The number of nitrogens with zero attached hydrogens (tertiary/aromatic N) is 1. The second-order valence-corrected chi connectivity index (χ2v) is 5.69. The van der Waals surface area contributed by atoms with E-state index in [0.29, 0.717) is 38.3 Å². The first-order chi connectivity index (χ1) is 11.1. The molecule has 0 amide bonds. The van der Waals surface area contributed by atoms with Gasteiger partial charge >= 0.3 is 12.4 Å². The van der Waals surface area contributed by atoms with Gasteiger partial charge in [0.1, 0.15) is 5.82 Å². The Balaban J connectivity index is 0.00000312. The summed E-state index contributed by atoms with van der Waals surface area (Å²) in [6.45, 7) is 1.88. The highest BCUT2D eigenvalue weighted by Gasteiger charge is 2.34. The van der Waals surface area contributed by atoms with Gasteiger partial charge in [-0.1, -0.05) is 6.07 Å². The summed E-state index contributed by atoms with van der Waals surface area (Å²) in [5.41, 5.74) is -1.28. The molecular formula is C15H19Cl2F7N2. The number of piperazine rings is 1. The van der Waals surface area contributed by atoms with Crippen LogP contribution in [0.25, 0.3) is 0 Å². The second kappa shape index (κ2) is 9.96. The van der Waals surface area contributed by atoms with Gasteiger partial charge in [0.15, 0.2) is 0 Å². The first kappa shape index (κ1) is 25.2. The van der Waals surface area contributed by atoms with Crippen molar-refractivity contribution in [3.05, 3.63) is 35.1 Å². The minimum atomic E-state index is -4.70. The Labute approximate surface area is 158 Å². The van der Waals surface area contributed by atoms with E-state index >= 15 is 0 Å². The Bertz CT molecular complexity index is 558. The van der Waals surface area contributed by atoms with E-state index < -0.39 is 42.6 Å². The summed E-state index contributed by atoms with van der Waals surface area (Å²) in [6.07, 6.45) is -10.6. The van der Waals surface area contributed by atoms with Gasteiger partial charge in [-0.25, -0.2) is 4.39 Å². The summed E-state index contributed by atoms with van der Waals surface area (Å²) < 4.78 is 89.7. The van der Waals surface area contributed by atoms with Crippen molar-refractivity contribution in [1.29, 1.82) is 0 Å². The highest BCUT2D eigenvalue weighted by molar-refractivity contribution is 5.85. The van der Waals surface area contributed by atoms with Crippen LogP contribution in [0.4, 0.5) is 30.7 Å². The molecule has 2 rings (SSSR count). The molecule has 1 heterocycles. The van der Waals surface area contributed by atoms with Crippen molar-refractivity contribution in [3.63, 3.8) is 0 Å². The second-order valence-electron chi connectivity index (χ2n) is 5.69. The molecule has 0 saturated carbocycles. The number of halogens is 9. The van der Waals surface area contributed by atoms with Gasteiger partial charge in [0, 0.05) is 44.2 Å². The van der Waals surface area contributed by atoms with Gasteiger partial charge in [0.25, 0.3) is 0 Å². The fourth-order valence-corrected chi connectivity index (χ4v) is 2.80. The third-order valence-electron chi connectivity index (χ3n) is 3.98. The van der Waals surface area contributed by atoms with Gasteiger partial charge in [0.05, 0.1) is 5.56 Å². The molecule has 1 atom stereocenters. The monoisotopic (exact) mass is 430 g/mol. The van der Waals surface area contributed by atoms with Gasteiger partial charge in [-0.05, 0) is 18.6 Å². The Morgan fingerprint density at radius 1 is 1.00 bits per heavy atom. The lowest BCUT2D eigenvalue weighted by Gasteiger charge is -2.35. The highest BCUT2D eigenvalue weighted by atomic mass is 35.5. The minimum absolute atomic E-state index is 0. The topological polar surface area (TPSA) is 15.3 Å². The van der Waals surface area contributed by atoms with Crippen LogP contribution in [0.1, 0.15) is 30.0 Å². The maximum Gasteiger partial charge on any atom is 0.416 e. The summed E-state index contributed by atoms with van der Waals surface area (Å²) in [5, 5.41) is 3.03. The van der Waals surface area contributed by atoms with Crippen LogP contribution >= 0.6 is 24.8 Å². The Morgan fingerprint density at radius 2 is 1.58 bits per heavy atom. The minimum Gasteiger partial charge on any atom is -0.314 e. The number of rotatable bonds is 4. The van der Waals surface area contributed by atoms with E-state index in [0.717, 1.165) is 6.07 Å². The highest BCUT2D eigenvalue weighted by Crippen LogP contribution is 2.36. The number of benzene rings is 1. The van der Waals surface area contributed by atoms with Crippen molar-refractivity contribution in [2.75, 3.05) is 26.2 Å². The molecule has 0 aromatic heterocycles. The molecule has 0 spiro atoms. The average Bonchev–Trinajstić information content (AvgIpc) is 2.48. The first-order valence-corrected chi connectivity index (χ1v) is 7.46. The van der Waals surface area contributed by atoms with E-state index in [-0.39, 0.29) is 30.4 Å². The van der Waals surface area contributed by atoms with Crippen molar-refractivity contribution >= 4 is 24.8 Å². The summed E-state index contributed by atoms with van der Waals surface area (Å²) in [5.74, 6) is -1.13. The molecular weight excluding hydrogens is 412 g/mol. The molecule has 1 aromatic carbocycles. The largest absolute Gasteiger partial charge is 0.416 e. The molecule has 0 bridgehead atoms. The first-order valence-electron chi connectivity index (χ1n) is 7.46. The molecule has 1 aromatic rings. The molecule has 1 aliphatic rings. The number of nitrogens with one attached hydrogen (secondary N) is 1. The molecule has 0 radical (unpaired) electrons. The fraction of sp³-hybridized carbons (Fsp3) is 0.600. The van der Waals surface area contributed by atoms with Crippen molar-refractivity contribution in [2.45, 2.75) is 31.2 Å². The Hall–Kier alpha value is -0.770. The molecule has 0 unspecified atom stereocenters. The van der Waals surface area contributed by atoms with Gasteiger partial charge in [0.2, 0.25) is 0 Å².